The van der Waals surface area contributed by atoms with Gasteiger partial charge in [-0.15, -0.1) is 0 Å². The van der Waals surface area contributed by atoms with E-state index in [9.17, 15) is 14.4 Å². The molecule has 0 spiro atoms. The standard InChI is InChI=1S/C22H24O7/c1-14-17(20(26)22(28-3)21(27-2)19(14)25)6-4-5-13-29-16-10-7-15(8-11-16)9-12-18(23)24/h7-12H,4-6,13H2,1-3H3,(H,23,24)/b12-9+. The Morgan fingerprint density at radius 2 is 1.62 bits per heavy atom. The summed E-state index contributed by atoms with van der Waals surface area (Å²) in [4.78, 5) is 35.4. The van der Waals surface area contributed by atoms with Gasteiger partial charge < -0.3 is 19.3 Å². The number of hydrogen-bond donors (Lipinski definition) is 1. The van der Waals surface area contributed by atoms with Crippen LogP contribution >= 0.6 is 0 Å². The Bertz CT molecular complexity index is 873. The van der Waals surface area contributed by atoms with Crippen molar-refractivity contribution in [3.8, 4) is 5.75 Å². The molecule has 0 saturated heterocycles. The van der Waals surface area contributed by atoms with Crippen molar-refractivity contribution in [2.24, 2.45) is 0 Å². The SMILES string of the molecule is COC1=C(OC)C(=O)C(CCCCOc2ccc(/C=C/C(=O)O)cc2)=C(C)C1=O. The predicted molar refractivity (Wildman–Crippen MR) is 106 cm³/mol. The molecule has 0 unspecified atom stereocenters. The first-order chi connectivity index (χ1) is 13.9. The van der Waals surface area contributed by atoms with Crippen molar-refractivity contribution in [3.05, 3.63) is 58.6 Å². The largest absolute Gasteiger partial charge is 0.494 e. The van der Waals surface area contributed by atoms with Crippen molar-refractivity contribution in [1.82, 2.24) is 0 Å². The van der Waals surface area contributed by atoms with Crippen molar-refractivity contribution < 1.29 is 33.7 Å². The lowest BCUT2D eigenvalue weighted by Gasteiger charge is -2.20. The number of unbranched alkanes of at least 4 members (excludes halogenated alkanes) is 1. The normalized spacial score (nSPS) is 14.6. The van der Waals surface area contributed by atoms with Gasteiger partial charge in [0.2, 0.25) is 23.1 Å². The molecule has 1 aliphatic rings. The molecule has 0 saturated carbocycles. The first-order valence-electron chi connectivity index (χ1n) is 9.14. The highest BCUT2D eigenvalue weighted by Gasteiger charge is 2.34. The fraction of sp³-hybridized carbons (Fsp3) is 0.318. The molecule has 0 aliphatic heterocycles. The highest BCUT2D eigenvalue weighted by Crippen LogP contribution is 2.28. The summed E-state index contributed by atoms with van der Waals surface area (Å²) in [7, 11) is 2.68. The van der Waals surface area contributed by atoms with Crippen molar-refractivity contribution in [3.63, 3.8) is 0 Å². The molecule has 154 valence electrons. The van der Waals surface area contributed by atoms with E-state index in [-0.39, 0.29) is 23.1 Å². The summed E-state index contributed by atoms with van der Waals surface area (Å²) < 4.78 is 15.8. The fourth-order valence-electron chi connectivity index (χ4n) is 2.93. The van der Waals surface area contributed by atoms with Crippen molar-refractivity contribution >= 4 is 23.6 Å². The molecule has 7 nitrogen and oxygen atoms in total. The van der Waals surface area contributed by atoms with E-state index in [4.69, 9.17) is 19.3 Å². The highest BCUT2D eigenvalue weighted by molar-refractivity contribution is 6.23. The average Bonchev–Trinajstić information content (AvgIpc) is 2.71. The molecule has 2 rings (SSSR count). The Morgan fingerprint density at radius 1 is 1.00 bits per heavy atom. The number of carboxylic acids is 1. The number of carbonyl (C=O) groups is 3. The molecule has 0 heterocycles. The lowest BCUT2D eigenvalue weighted by Crippen LogP contribution is -2.25. The summed E-state index contributed by atoms with van der Waals surface area (Å²) in [6.45, 7) is 2.08. The van der Waals surface area contributed by atoms with E-state index in [1.165, 1.54) is 20.3 Å². The number of ether oxygens (including phenoxy) is 3. The number of ketones is 2. The molecule has 1 aliphatic carbocycles. The van der Waals surface area contributed by atoms with Gasteiger partial charge in [0.05, 0.1) is 20.8 Å². The topological polar surface area (TPSA) is 99.1 Å². The van der Waals surface area contributed by atoms with Gasteiger partial charge in [0.25, 0.3) is 0 Å². The number of benzene rings is 1. The monoisotopic (exact) mass is 400 g/mol. The van der Waals surface area contributed by atoms with Crippen LogP contribution in [0.25, 0.3) is 6.08 Å². The second-order valence-corrected chi connectivity index (χ2v) is 6.37. The molecule has 29 heavy (non-hydrogen) atoms. The molecule has 1 aromatic rings. The van der Waals surface area contributed by atoms with Crippen LogP contribution < -0.4 is 4.74 Å². The van der Waals surface area contributed by atoms with E-state index in [1.807, 2.05) is 0 Å². The van der Waals surface area contributed by atoms with Gasteiger partial charge in [-0.25, -0.2) is 4.79 Å². The van der Waals surface area contributed by atoms with Crippen molar-refractivity contribution in [1.29, 1.82) is 0 Å². The number of hydrogen-bond acceptors (Lipinski definition) is 6. The second kappa shape index (κ2) is 10.3. The molecule has 0 amide bonds. The maximum Gasteiger partial charge on any atom is 0.328 e. The summed E-state index contributed by atoms with van der Waals surface area (Å²) in [5.41, 5.74) is 1.60. The quantitative estimate of drug-likeness (QED) is 0.365. The van der Waals surface area contributed by atoms with Crippen LogP contribution in [0.15, 0.2) is 53.0 Å². The van der Waals surface area contributed by atoms with Crippen LogP contribution in [0, 0.1) is 0 Å². The van der Waals surface area contributed by atoms with Crippen LogP contribution in [0.5, 0.6) is 5.75 Å². The van der Waals surface area contributed by atoms with Crippen molar-refractivity contribution in [2.45, 2.75) is 26.2 Å². The minimum absolute atomic E-state index is 0.0496. The lowest BCUT2D eigenvalue weighted by atomic mass is 9.90. The molecule has 0 aromatic heterocycles. The average molecular weight is 400 g/mol. The van der Waals surface area contributed by atoms with Crippen LogP contribution in [0.1, 0.15) is 31.7 Å². The van der Waals surface area contributed by atoms with Gasteiger partial charge in [-0.2, -0.15) is 0 Å². The molecule has 7 heteroatoms. The van der Waals surface area contributed by atoms with Crippen LogP contribution in [0.3, 0.4) is 0 Å². The maximum atomic E-state index is 12.5. The van der Waals surface area contributed by atoms with Gasteiger partial charge in [-0.3, -0.25) is 9.59 Å². The molecule has 1 N–H and O–H groups in total. The Hall–Kier alpha value is -3.35. The first kappa shape index (κ1) is 21.9. The van der Waals surface area contributed by atoms with Gasteiger partial charge in [0.15, 0.2) is 0 Å². The minimum atomic E-state index is -1.000. The first-order valence-corrected chi connectivity index (χ1v) is 9.14. The summed E-state index contributed by atoms with van der Waals surface area (Å²) in [6.07, 6.45) is 4.39. The third kappa shape index (κ3) is 5.57. The number of Topliss-reactive ketones (excluding diaryl/α,β-unsaturated/α-hetero) is 2. The number of carbonyl (C=O) groups excluding carboxylic acids is 2. The van der Waals surface area contributed by atoms with Gasteiger partial charge >= 0.3 is 5.97 Å². The van der Waals surface area contributed by atoms with Crippen LogP contribution in [0.4, 0.5) is 0 Å². The number of aliphatic carboxylic acids is 1. The van der Waals surface area contributed by atoms with Gasteiger partial charge in [-0.1, -0.05) is 12.1 Å². The number of rotatable bonds is 10. The zero-order valence-corrected chi connectivity index (χ0v) is 16.7. The van der Waals surface area contributed by atoms with E-state index in [1.54, 1.807) is 31.2 Å². The van der Waals surface area contributed by atoms with E-state index in [0.29, 0.717) is 42.8 Å². The van der Waals surface area contributed by atoms with Gasteiger partial charge in [0, 0.05) is 17.2 Å². The van der Waals surface area contributed by atoms with E-state index < -0.39 is 5.97 Å². The molecular formula is C22H24O7. The molecule has 0 atom stereocenters. The lowest BCUT2D eigenvalue weighted by molar-refractivity contribution is -0.131. The third-order valence-electron chi connectivity index (χ3n) is 4.48. The Kier molecular flexibility index (Phi) is 7.77. The summed E-state index contributed by atoms with van der Waals surface area (Å²) >= 11 is 0. The summed E-state index contributed by atoms with van der Waals surface area (Å²) in [5, 5.41) is 8.62. The predicted octanol–water partition coefficient (Wildman–Crippen LogP) is 3.31. The summed E-state index contributed by atoms with van der Waals surface area (Å²) in [5.74, 6) is -1.07. The van der Waals surface area contributed by atoms with Crippen LogP contribution in [-0.4, -0.2) is 43.5 Å². The zero-order valence-electron chi connectivity index (χ0n) is 16.7. The van der Waals surface area contributed by atoms with Gasteiger partial charge in [-0.05, 0) is 50.0 Å². The molecule has 0 bridgehead atoms. The van der Waals surface area contributed by atoms with Crippen LogP contribution in [-0.2, 0) is 23.9 Å². The van der Waals surface area contributed by atoms with Crippen LogP contribution in [0.2, 0.25) is 0 Å². The van der Waals surface area contributed by atoms with E-state index >= 15 is 0 Å². The van der Waals surface area contributed by atoms with E-state index in [0.717, 1.165) is 11.6 Å². The number of allylic oxidation sites excluding steroid dienone is 2. The zero-order chi connectivity index (χ0) is 21.4. The number of carboxylic acid groups (broad SMARTS) is 1. The molecule has 1 aromatic carbocycles. The fourth-order valence-corrected chi connectivity index (χ4v) is 2.93. The van der Waals surface area contributed by atoms with Crippen molar-refractivity contribution in [2.75, 3.05) is 20.8 Å². The summed E-state index contributed by atoms with van der Waals surface area (Å²) in [6, 6.07) is 7.06. The molecule has 0 radical (unpaired) electrons. The Morgan fingerprint density at radius 3 is 2.21 bits per heavy atom. The minimum Gasteiger partial charge on any atom is -0.494 e. The third-order valence-corrected chi connectivity index (χ3v) is 4.48. The van der Waals surface area contributed by atoms with Gasteiger partial charge in [0.1, 0.15) is 5.75 Å². The Labute approximate surface area is 169 Å². The maximum absolute atomic E-state index is 12.5. The molecule has 0 fully saturated rings. The number of methoxy groups -OCH3 is 2. The second-order valence-electron chi connectivity index (χ2n) is 6.37. The van der Waals surface area contributed by atoms with E-state index in [2.05, 4.69) is 0 Å². The Balaban J connectivity index is 1.85. The smallest absolute Gasteiger partial charge is 0.328 e. The highest BCUT2D eigenvalue weighted by atomic mass is 16.5. The molecular weight excluding hydrogens is 376 g/mol.